The zero-order valence-corrected chi connectivity index (χ0v) is 12.4. The Kier molecular flexibility index (Phi) is 3.51. The van der Waals surface area contributed by atoms with Crippen LogP contribution < -0.4 is 5.46 Å². The first-order valence-electron chi connectivity index (χ1n) is 6.66. The molecule has 1 aliphatic rings. The molecule has 19 heavy (non-hydrogen) atoms. The van der Waals surface area contributed by atoms with Crippen LogP contribution in [0.2, 0.25) is 0 Å². The summed E-state index contributed by atoms with van der Waals surface area (Å²) in [6.07, 6.45) is 6.05. The highest BCUT2D eigenvalue weighted by Gasteiger charge is 2.52. The molecule has 0 aromatic heterocycles. The van der Waals surface area contributed by atoms with Gasteiger partial charge in [-0.05, 0) is 45.6 Å². The van der Waals surface area contributed by atoms with Crippen molar-refractivity contribution in [3.63, 3.8) is 0 Å². The van der Waals surface area contributed by atoms with E-state index >= 15 is 0 Å². The lowest BCUT2D eigenvalue weighted by Crippen LogP contribution is -2.41. The Morgan fingerprint density at radius 3 is 2.26 bits per heavy atom. The third kappa shape index (κ3) is 2.43. The maximum atomic E-state index is 6.13. The van der Waals surface area contributed by atoms with E-state index in [9.17, 15) is 0 Å². The fourth-order valence-corrected chi connectivity index (χ4v) is 2.30. The van der Waals surface area contributed by atoms with Crippen LogP contribution in [0.15, 0.2) is 18.2 Å². The summed E-state index contributed by atoms with van der Waals surface area (Å²) < 4.78 is 12.3. The van der Waals surface area contributed by atoms with Gasteiger partial charge in [0.1, 0.15) is 0 Å². The maximum absolute atomic E-state index is 6.13. The molecule has 0 atom stereocenters. The predicted octanol–water partition coefficient (Wildman–Crippen LogP) is 2.47. The molecule has 0 N–H and O–H groups in total. The maximum Gasteiger partial charge on any atom is 0.495 e. The molecule has 1 aliphatic heterocycles. The Hall–Kier alpha value is -1.24. The molecular formula is C16H21BO2. The number of hydrogen-bond acceptors (Lipinski definition) is 2. The third-order valence-electron chi connectivity index (χ3n) is 4.20. The summed E-state index contributed by atoms with van der Waals surface area (Å²) >= 11 is 0. The van der Waals surface area contributed by atoms with E-state index in [1.165, 1.54) is 0 Å². The topological polar surface area (TPSA) is 18.5 Å². The second kappa shape index (κ2) is 4.70. The van der Waals surface area contributed by atoms with E-state index in [4.69, 9.17) is 15.7 Å². The Morgan fingerprint density at radius 1 is 1.16 bits per heavy atom. The summed E-state index contributed by atoms with van der Waals surface area (Å²) in [6, 6.07) is 6.14. The molecule has 1 fully saturated rings. The van der Waals surface area contributed by atoms with Crippen molar-refractivity contribution in [2.75, 3.05) is 0 Å². The Bertz CT molecular complexity index is 510. The fraction of sp³-hybridized carbons (Fsp3) is 0.500. The van der Waals surface area contributed by atoms with Crippen LogP contribution in [-0.4, -0.2) is 18.3 Å². The molecule has 0 bridgehead atoms. The number of hydrogen-bond donors (Lipinski definition) is 0. The van der Waals surface area contributed by atoms with Crippen molar-refractivity contribution < 1.29 is 9.31 Å². The standard InChI is InChI=1S/C16H21BO2/c1-7-9-13-11-8-10-12(2)14(13)17-18-15(3,4)16(5,6)19-17/h1,8,10-11H,9H2,2-6H3. The smallest absolute Gasteiger partial charge is 0.399 e. The Balaban J connectivity index is 2.42. The molecule has 0 spiro atoms. The van der Waals surface area contributed by atoms with Gasteiger partial charge in [-0.25, -0.2) is 0 Å². The van der Waals surface area contributed by atoms with Gasteiger partial charge >= 0.3 is 7.12 Å². The van der Waals surface area contributed by atoms with Crippen LogP contribution in [0.4, 0.5) is 0 Å². The predicted molar refractivity (Wildman–Crippen MR) is 79.4 cm³/mol. The number of benzene rings is 1. The van der Waals surface area contributed by atoms with Crippen molar-refractivity contribution >= 4 is 12.6 Å². The Labute approximate surface area is 116 Å². The lowest BCUT2D eigenvalue weighted by Gasteiger charge is -2.32. The second-order valence-corrected chi connectivity index (χ2v) is 6.12. The highest BCUT2D eigenvalue weighted by atomic mass is 16.7. The molecule has 100 valence electrons. The van der Waals surface area contributed by atoms with E-state index in [0.29, 0.717) is 6.42 Å². The highest BCUT2D eigenvalue weighted by molar-refractivity contribution is 6.63. The minimum absolute atomic E-state index is 0.326. The van der Waals surface area contributed by atoms with E-state index in [2.05, 4.69) is 46.6 Å². The van der Waals surface area contributed by atoms with Gasteiger partial charge < -0.3 is 9.31 Å². The first kappa shape index (κ1) is 14.2. The third-order valence-corrected chi connectivity index (χ3v) is 4.20. The molecule has 3 heteroatoms. The summed E-state index contributed by atoms with van der Waals surface area (Å²) in [5, 5.41) is 0. The molecule has 0 unspecified atom stereocenters. The monoisotopic (exact) mass is 256 g/mol. The van der Waals surface area contributed by atoms with Crippen LogP contribution in [-0.2, 0) is 15.7 Å². The fourth-order valence-electron chi connectivity index (χ4n) is 2.30. The van der Waals surface area contributed by atoms with Gasteiger partial charge in [-0.3, -0.25) is 0 Å². The molecule has 2 nitrogen and oxygen atoms in total. The van der Waals surface area contributed by atoms with Gasteiger partial charge in [-0.1, -0.05) is 23.8 Å². The van der Waals surface area contributed by atoms with Gasteiger partial charge in [0.2, 0.25) is 0 Å². The average Bonchev–Trinajstić information content (AvgIpc) is 2.48. The summed E-state index contributed by atoms with van der Waals surface area (Å²) in [7, 11) is -0.338. The van der Waals surface area contributed by atoms with Crippen molar-refractivity contribution in [1.82, 2.24) is 0 Å². The summed E-state index contributed by atoms with van der Waals surface area (Å²) in [4.78, 5) is 0. The van der Waals surface area contributed by atoms with Crippen molar-refractivity contribution in [3.05, 3.63) is 29.3 Å². The summed E-state index contributed by atoms with van der Waals surface area (Å²) in [5.41, 5.74) is 2.70. The van der Waals surface area contributed by atoms with Gasteiger partial charge in [-0.2, -0.15) is 0 Å². The summed E-state index contributed by atoms with van der Waals surface area (Å²) in [6.45, 7) is 10.3. The minimum atomic E-state index is -0.338. The zero-order chi connectivity index (χ0) is 14.3. The zero-order valence-electron chi connectivity index (χ0n) is 12.4. The van der Waals surface area contributed by atoms with E-state index < -0.39 is 0 Å². The molecule has 2 rings (SSSR count). The largest absolute Gasteiger partial charge is 0.495 e. The molecular weight excluding hydrogens is 235 g/mol. The van der Waals surface area contributed by atoms with E-state index in [-0.39, 0.29) is 18.3 Å². The van der Waals surface area contributed by atoms with Gasteiger partial charge in [0.25, 0.3) is 0 Å². The molecule has 1 saturated heterocycles. The van der Waals surface area contributed by atoms with E-state index in [0.717, 1.165) is 16.6 Å². The van der Waals surface area contributed by atoms with E-state index in [1.54, 1.807) is 0 Å². The summed E-state index contributed by atoms with van der Waals surface area (Å²) in [5.74, 6) is 2.71. The van der Waals surface area contributed by atoms with Crippen LogP contribution >= 0.6 is 0 Å². The van der Waals surface area contributed by atoms with Crippen LogP contribution in [0.25, 0.3) is 0 Å². The SMILES string of the molecule is C#CCc1cccc(C)c1B1OC(C)(C)C(C)(C)O1. The lowest BCUT2D eigenvalue weighted by molar-refractivity contribution is 0.00578. The van der Waals surface area contributed by atoms with Crippen molar-refractivity contribution in [3.8, 4) is 12.3 Å². The number of rotatable bonds is 2. The second-order valence-electron chi connectivity index (χ2n) is 6.12. The quantitative estimate of drug-likeness (QED) is 0.597. The van der Waals surface area contributed by atoms with E-state index in [1.807, 2.05) is 12.1 Å². The first-order valence-corrected chi connectivity index (χ1v) is 6.66. The van der Waals surface area contributed by atoms with Gasteiger partial charge in [0, 0.05) is 6.42 Å². The number of terminal acetylenes is 1. The molecule has 0 saturated carbocycles. The molecule has 1 heterocycles. The first-order chi connectivity index (χ1) is 8.78. The van der Waals surface area contributed by atoms with Gasteiger partial charge in [-0.15, -0.1) is 12.3 Å². The normalized spacial score (nSPS) is 20.3. The lowest BCUT2D eigenvalue weighted by atomic mass is 9.72. The molecule has 0 radical (unpaired) electrons. The van der Waals surface area contributed by atoms with Crippen molar-refractivity contribution in [1.29, 1.82) is 0 Å². The van der Waals surface area contributed by atoms with Crippen LogP contribution in [0.3, 0.4) is 0 Å². The minimum Gasteiger partial charge on any atom is -0.399 e. The van der Waals surface area contributed by atoms with Crippen LogP contribution in [0.1, 0.15) is 38.8 Å². The van der Waals surface area contributed by atoms with Gasteiger partial charge in [0.05, 0.1) is 11.2 Å². The highest BCUT2D eigenvalue weighted by Crippen LogP contribution is 2.36. The molecule has 1 aromatic rings. The number of aryl methyl sites for hydroxylation is 1. The molecule has 0 amide bonds. The van der Waals surface area contributed by atoms with Crippen molar-refractivity contribution in [2.45, 2.75) is 52.2 Å². The van der Waals surface area contributed by atoms with Crippen LogP contribution in [0.5, 0.6) is 0 Å². The molecule has 1 aromatic carbocycles. The Morgan fingerprint density at radius 2 is 1.74 bits per heavy atom. The van der Waals surface area contributed by atoms with Gasteiger partial charge in [0.15, 0.2) is 0 Å². The average molecular weight is 256 g/mol. The van der Waals surface area contributed by atoms with Crippen LogP contribution in [0, 0.1) is 19.3 Å². The molecule has 0 aliphatic carbocycles. The van der Waals surface area contributed by atoms with Crippen molar-refractivity contribution in [2.24, 2.45) is 0 Å².